The monoisotopic (exact) mass is 223 g/mol. The molecule has 0 radical (unpaired) electrons. The van der Waals surface area contributed by atoms with E-state index >= 15 is 0 Å². The lowest BCUT2D eigenvalue weighted by atomic mass is 10.2. The van der Waals surface area contributed by atoms with E-state index in [1.165, 1.54) is 29.8 Å². The first kappa shape index (κ1) is 12.4. The molecule has 2 heteroatoms. The fraction of sp³-hybridized carbons (Fsp3) is 0.538. The van der Waals surface area contributed by atoms with E-state index in [2.05, 4.69) is 43.4 Å². The zero-order chi connectivity index (χ0) is 10.9. The van der Waals surface area contributed by atoms with Gasteiger partial charge in [0.15, 0.2) is 0 Å². The van der Waals surface area contributed by atoms with E-state index in [9.17, 15) is 0 Å². The quantitative estimate of drug-likeness (QED) is 0.697. The maximum atomic E-state index is 3.42. The van der Waals surface area contributed by atoms with Crippen molar-refractivity contribution >= 4 is 17.4 Å². The van der Waals surface area contributed by atoms with Crippen molar-refractivity contribution in [2.24, 2.45) is 0 Å². The lowest BCUT2D eigenvalue weighted by Gasteiger charge is -2.06. The molecular weight excluding hydrogens is 202 g/mol. The van der Waals surface area contributed by atoms with Crippen molar-refractivity contribution in [2.45, 2.75) is 32.4 Å². The zero-order valence-electron chi connectivity index (χ0n) is 9.75. The second kappa shape index (κ2) is 7.63. The van der Waals surface area contributed by atoms with Crippen molar-refractivity contribution in [1.29, 1.82) is 0 Å². The number of benzene rings is 1. The highest BCUT2D eigenvalue weighted by Crippen LogP contribution is 2.15. The Bertz CT molecular complexity index is 256. The van der Waals surface area contributed by atoms with Gasteiger partial charge in [0, 0.05) is 18.0 Å². The van der Waals surface area contributed by atoms with Crippen molar-refractivity contribution < 1.29 is 0 Å². The second-order valence-corrected chi connectivity index (χ2v) is 4.89. The average molecular weight is 223 g/mol. The molecule has 1 N–H and O–H groups in total. The summed E-state index contributed by atoms with van der Waals surface area (Å²) in [5.41, 5.74) is 2.66. The molecule has 0 aliphatic rings. The summed E-state index contributed by atoms with van der Waals surface area (Å²) in [5.74, 6) is 2.32. The molecule has 1 aromatic rings. The first-order valence-electron chi connectivity index (χ1n) is 5.77. The highest BCUT2D eigenvalue weighted by molar-refractivity contribution is 7.98. The fourth-order valence-electron chi connectivity index (χ4n) is 1.35. The molecule has 0 aliphatic carbocycles. The molecule has 0 saturated carbocycles. The van der Waals surface area contributed by atoms with Crippen molar-refractivity contribution in [3.05, 3.63) is 29.8 Å². The maximum Gasteiger partial charge on any atom is 0.0340 e. The lowest BCUT2D eigenvalue weighted by molar-refractivity contribution is 0.834. The Kier molecular flexibility index (Phi) is 6.33. The van der Waals surface area contributed by atoms with Crippen LogP contribution in [0.1, 0.15) is 32.3 Å². The molecule has 0 atom stereocenters. The minimum Gasteiger partial charge on any atom is -0.385 e. The standard InChI is InChI=1S/C13H21NS/c1-3-5-10-14-13-8-6-12(7-9-13)11-15-4-2/h6-9,14H,3-5,10-11H2,1-2H3. The molecule has 0 amide bonds. The number of hydrogen-bond donors (Lipinski definition) is 1. The number of unbranched alkanes of at least 4 members (excludes halogenated alkanes) is 1. The molecule has 0 spiro atoms. The number of hydrogen-bond acceptors (Lipinski definition) is 2. The summed E-state index contributed by atoms with van der Waals surface area (Å²) in [6, 6.07) is 8.80. The molecule has 15 heavy (non-hydrogen) atoms. The van der Waals surface area contributed by atoms with Crippen molar-refractivity contribution in [3.8, 4) is 0 Å². The molecule has 0 fully saturated rings. The van der Waals surface area contributed by atoms with Crippen LogP contribution in [0.5, 0.6) is 0 Å². The maximum absolute atomic E-state index is 3.42. The third-order valence-corrected chi connectivity index (χ3v) is 3.23. The minimum absolute atomic E-state index is 1.08. The number of nitrogens with one attached hydrogen (secondary N) is 1. The smallest absolute Gasteiger partial charge is 0.0340 e. The second-order valence-electron chi connectivity index (χ2n) is 3.61. The normalized spacial score (nSPS) is 10.3. The van der Waals surface area contributed by atoms with Crippen LogP contribution in [0.15, 0.2) is 24.3 Å². The molecule has 0 saturated heterocycles. The van der Waals surface area contributed by atoms with E-state index in [4.69, 9.17) is 0 Å². The Morgan fingerprint density at radius 2 is 1.87 bits per heavy atom. The van der Waals surface area contributed by atoms with E-state index in [-0.39, 0.29) is 0 Å². The van der Waals surface area contributed by atoms with Gasteiger partial charge in [0.25, 0.3) is 0 Å². The molecule has 0 aromatic heterocycles. The summed E-state index contributed by atoms with van der Waals surface area (Å²) in [6.45, 7) is 5.50. The van der Waals surface area contributed by atoms with Crippen LogP contribution in [0.4, 0.5) is 5.69 Å². The molecule has 0 bridgehead atoms. The van der Waals surface area contributed by atoms with E-state index in [0.717, 1.165) is 12.3 Å². The van der Waals surface area contributed by atoms with E-state index < -0.39 is 0 Å². The molecule has 1 nitrogen and oxygen atoms in total. The lowest BCUT2D eigenvalue weighted by Crippen LogP contribution is -2.00. The summed E-state index contributed by atoms with van der Waals surface area (Å²) in [7, 11) is 0. The van der Waals surface area contributed by atoms with E-state index in [0.29, 0.717) is 0 Å². The summed E-state index contributed by atoms with van der Waals surface area (Å²) < 4.78 is 0. The number of rotatable bonds is 7. The van der Waals surface area contributed by atoms with Gasteiger partial charge >= 0.3 is 0 Å². The van der Waals surface area contributed by atoms with Crippen LogP contribution < -0.4 is 5.32 Å². The third kappa shape index (κ3) is 5.12. The van der Waals surface area contributed by atoms with Crippen molar-refractivity contribution in [3.63, 3.8) is 0 Å². The Morgan fingerprint density at radius 3 is 2.47 bits per heavy atom. The Labute approximate surface area is 97.7 Å². The summed E-state index contributed by atoms with van der Waals surface area (Å²) >= 11 is 1.97. The highest BCUT2D eigenvalue weighted by atomic mass is 32.2. The van der Waals surface area contributed by atoms with Crippen LogP contribution in [0, 0.1) is 0 Å². The van der Waals surface area contributed by atoms with Crippen molar-refractivity contribution in [1.82, 2.24) is 0 Å². The van der Waals surface area contributed by atoms with Gasteiger partial charge in [-0.25, -0.2) is 0 Å². The van der Waals surface area contributed by atoms with Crippen LogP contribution in [0.3, 0.4) is 0 Å². The fourth-order valence-corrected chi connectivity index (χ4v) is 1.98. The predicted molar refractivity (Wildman–Crippen MR) is 71.7 cm³/mol. The van der Waals surface area contributed by atoms with Crippen LogP contribution in [0.25, 0.3) is 0 Å². The molecule has 1 aromatic carbocycles. The van der Waals surface area contributed by atoms with Gasteiger partial charge in [0.1, 0.15) is 0 Å². The SMILES string of the molecule is CCCCNc1ccc(CSCC)cc1. The largest absolute Gasteiger partial charge is 0.385 e. The Morgan fingerprint density at radius 1 is 1.13 bits per heavy atom. The van der Waals surface area contributed by atoms with Crippen LogP contribution in [0.2, 0.25) is 0 Å². The van der Waals surface area contributed by atoms with Gasteiger partial charge in [-0.3, -0.25) is 0 Å². The van der Waals surface area contributed by atoms with Gasteiger partial charge < -0.3 is 5.32 Å². The first-order chi connectivity index (χ1) is 7.36. The molecule has 0 unspecified atom stereocenters. The topological polar surface area (TPSA) is 12.0 Å². The van der Waals surface area contributed by atoms with Gasteiger partial charge in [-0.1, -0.05) is 32.4 Å². The van der Waals surface area contributed by atoms with Gasteiger partial charge in [-0.2, -0.15) is 11.8 Å². The van der Waals surface area contributed by atoms with Gasteiger partial charge in [-0.15, -0.1) is 0 Å². The van der Waals surface area contributed by atoms with Crippen LogP contribution in [-0.2, 0) is 5.75 Å². The summed E-state index contributed by atoms with van der Waals surface area (Å²) in [6.07, 6.45) is 2.49. The number of anilines is 1. The van der Waals surface area contributed by atoms with Crippen LogP contribution >= 0.6 is 11.8 Å². The van der Waals surface area contributed by atoms with Crippen LogP contribution in [-0.4, -0.2) is 12.3 Å². The third-order valence-electron chi connectivity index (χ3n) is 2.29. The zero-order valence-corrected chi connectivity index (χ0v) is 10.6. The molecule has 0 aliphatic heterocycles. The minimum atomic E-state index is 1.08. The molecular formula is C13H21NS. The van der Waals surface area contributed by atoms with E-state index in [1.54, 1.807) is 0 Å². The molecule has 84 valence electrons. The van der Waals surface area contributed by atoms with Crippen molar-refractivity contribution in [2.75, 3.05) is 17.6 Å². The highest BCUT2D eigenvalue weighted by Gasteiger charge is 1.94. The van der Waals surface area contributed by atoms with Gasteiger partial charge in [0.2, 0.25) is 0 Å². The number of thioether (sulfide) groups is 1. The Balaban J connectivity index is 2.35. The summed E-state index contributed by atoms with van der Waals surface area (Å²) in [5, 5.41) is 3.42. The molecule has 0 heterocycles. The summed E-state index contributed by atoms with van der Waals surface area (Å²) in [4.78, 5) is 0. The van der Waals surface area contributed by atoms with E-state index in [1.807, 2.05) is 11.8 Å². The van der Waals surface area contributed by atoms with Gasteiger partial charge in [0.05, 0.1) is 0 Å². The first-order valence-corrected chi connectivity index (χ1v) is 6.92. The average Bonchev–Trinajstić information content (AvgIpc) is 2.28. The predicted octanol–water partition coefficient (Wildman–Crippen LogP) is 4.15. The van der Waals surface area contributed by atoms with Gasteiger partial charge in [-0.05, 0) is 29.9 Å². The molecule has 1 rings (SSSR count). The Hall–Kier alpha value is -0.630.